The molecule has 0 aromatic heterocycles. The third-order valence-electron chi connectivity index (χ3n) is 16.1. The van der Waals surface area contributed by atoms with Crippen molar-refractivity contribution in [2.75, 3.05) is 12.4 Å². The zero-order valence-corrected chi connectivity index (χ0v) is 34.9. The number of anilines is 1. The number of carboxylic acid groups (broad SMARTS) is 1. The van der Waals surface area contributed by atoms with Gasteiger partial charge in [0.15, 0.2) is 0 Å². The Balaban J connectivity index is 1.08. The molecule has 0 aliphatic heterocycles. The largest absolute Gasteiger partial charge is 0.481 e. The Morgan fingerprint density at radius 1 is 0.911 bits per heavy atom. The minimum absolute atomic E-state index is 0.0288. The summed E-state index contributed by atoms with van der Waals surface area (Å²) in [5.74, 6) is 0.00000146. The lowest BCUT2D eigenvalue weighted by atomic mass is 9.44. The molecule has 0 bridgehead atoms. The van der Waals surface area contributed by atoms with Crippen molar-refractivity contribution in [2.45, 2.75) is 144 Å². The number of ether oxygens (including phenoxy) is 2. The van der Waals surface area contributed by atoms with Gasteiger partial charge in [0.05, 0.1) is 11.5 Å². The van der Waals surface area contributed by atoms with Crippen molar-refractivity contribution in [1.29, 1.82) is 0 Å². The summed E-state index contributed by atoms with van der Waals surface area (Å²) in [6.07, 6.45) is 13.3. The summed E-state index contributed by atoms with van der Waals surface area (Å²) in [6.45, 7) is 14.5. The molecule has 0 heterocycles. The average molecular weight is 777 g/mol. The minimum atomic E-state index is -1.16. The first-order valence-electron chi connectivity index (χ1n) is 21.8. The number of hydrogen-bond donors (Lipinski definition) is 3. The van der Waals surface area contributed by atoms with Crippen LogP contribution in [0.1, 0.15) is 140 Å². The third kappa shape index (κ3) is 8.41. The van der Waals surface area contributed by atoms with Crippen LogP contribution in [-0.2, 0) is 28.7 Å². The van der Waals surface area contributed by atoms with Gasteiger partial charge in [0, 0.05) is 25.1 Å². The maximum atomic E-state index is 13.8. The Hall–Kier alpha value is -3.43. The average Bonchev–Trinajstić information content (AvgIpc) is 3.68. The number of hydrogen-bond acceptors (Lipinski definition) is 7. The maximum Gasteiger partial charge on any atom is 0.338 e. The summed E-state index contributed by atoms with van der Waals surface area (Å²) >= 11 is 0. The molecule has 1 aromatic carbocycles. The van der Waals surface area contributed by atoms with E-state index in [1.807, 2.05) is 6.92 Å². The van der Waals surface area contributed by atoms with E-state index >= 15 is 0 Å². The van der Waals surface area contributed by atoms with Crippen LogP contribution in [0.25, 0.3) is 0 Å². The molecular formula is C46H68N2O8. The SMILES string of the molecule is CNC(=O)C1CC(OC=O)C(C(=O)Nc2cc(C)cc(C(=O)OC3CCC4(C)C(CCC5C4CCC4(C)C(C(C)CCCC(C)C)CCC54)C3)c2)C1CC(=O)O. The van der Waals surface area contributed by atoms with E-state index in [0.29, 0.717) is 22.6 Å². The lowest BCUT2D eigenvalue weighted by Gasteiger charge is -2.61. The molecule has 1 aromatic rings. The highest BCUT2D eigenvalue weighted by molar-refractivity contribution is 5.97. The van der Waals surface area contributed by atoms with Crippen LogP contribution in [0, 0.1) is 76.9 Å². The van der Waals surface area contributed by atoms with Gasteiger partial charge in [0.2, 0.25) is 11.8 Å². The van der Waals surface area contributed by atoms with Crippen LogP contribution >= 0.6 is 0 Å². The zero-order valence-electron chi connectivity index (χ0n) is 34.9. The van der Waals surface area contributed by atoms with Gasteiger partial charge < -0.3 is 25.2 Å². The molecule has 3 N–H and O–H groups in total. The zero-order chi connectivity index (χ0) is 40.5. The van der Waals surface area contributed by atoms with Crippen LogP contribution in [0.2, 0.25) is 0 Å². The van der Waals surface area contributed by atoms with Crippen molar-refractivity contribution >= 4 is 35.9 Å². The van der Waals surface area contributed by atoms with Crippen LogP contribution in [-0.4, -0.2) is 54.6 Å². The molecule has 6 rings (SSSR count). The molecule has 10 nitrogen and oxygen atoms in total. The minimum Gasteiger partial charge on any atom is -0.481 e. The number of aliphatic carboxylic acids is 1. The van der Waals surface area contributed by atoms with E-state index in [1.54, 1.807) is 18.2 Å². The van der Waals surface area contributed by atoms with E-state index in [4.69, 9.17) is 9.47 Å². The molecule has 5 aliphatic rings. The van der Waals surface area contributed by atoms with Crippen LogP contribution in [0.3, 0.4) is 0 Å². The summed E-state index contributed by atoms with van der Waals surface area (Å²) in [5, 5.41) is 15.0. The molecule has 13 atom stereocenters. The lowest BCUT2D eigenvalue weighted by Crippen LogP contribution is -2.54. The maximum absolute atomic E-state index is 13.8. The Bertz CT molecular complexity index is 1630. The van der Waals surface area contributed by atoms with Gasteiger partial charge in [-0.3, -0.25) is 19.2 Å². The molecule has 10 heteroatoms. The van der Waals surface area contributed by atoms with Gasteiger partial charge in [-0.25, -0.2) is 4.79 Å². The first kappa shape index (κ1) is 42.2. The van der Waals surface area contributed by atoms with Crippen molar-refractivity contribution in [3.05, 3.63) is 29.3 Å². The first-order chi connectivity index (χ1) is 26.6. The normalized spacial score (nSPS) is 36.7. The monoisotopic (exact) mass is 776 g/mol. The number of nitrogens with one attached hydrogen (secondary N) is 2. The van der Waals surface area contributed by atoms with Crippen molar-refractivity contribution in [1.82, 2.24) is 5.32 Å². The van der Waals surface area contributed by atoms with Crippen LogP contribution in [0.4, 0.5) is 5.69 Å². The Morgan fingerprint density at radius 3 is 2.34 bits per heavy atom. The van der Waals surface area contributed by atoms with Crippen molar-refractivity contribution in [2.24, 2.45) is 70.0 Å². The van der Waals surface area contributed by atoms with Gasteiger partial charge in [-0.2, -0.15) is 0 Å². The number of carbonyl (C=O) groups excluding carboxylic acids is 4. The van der Waals surface area contributed by atoms with Gasteiger partial charge in [-0.15, -0.1) is 0 Å². The van der Waals surface area contributed by atoms with E-state index in [0.717, 1.165) is 60.3 Å². The molecule has 310 valence electrons. The number of carbonyl (C=O) groups is 5. The number of rotatable bonds is 14. The topological polar surface area (TPSA) is 148 Å². The van der Waals surface area contributed by atoms with E-state index in [9.17, 15) is 29.1 Å². The number of carboxylic acids is 1. The summed E-state index contributed by atoms with van der Waals surface area (Å²) in [7, 11) is 1.44. The highest BCUT2D eigenvalue weighted by Crippen LogP contribution is 2.68. The molecule has 0 spiro atoms. The van der Waals surface area contributed by atoms with Crippen molar-refractivity contribution < 1.29 is 38.6 Å². The fourth-order valence-electron chi connectivity index (χ4n) is 13.4. The molecule has 5 saturated carbocycles. The van der Waals surface area contributed by atoms with Gasteiger partial charge in [0.1, 0.15) is 12.2 Å². The summed E-state index contributed by atoms with van der Waals surface area (Å²) < 4.78 is 11.5. The van der Waals surface area contributed by atoms with Gasteiger partial charge in [0.25, 0.3) is 6.47 Å². The quantitative estimate of drug-likeness (QED) is 0.126. The molecule has 5 aliphatic carbocycles. The fraction of sp³-hybridized carbons (Fsp3) is 0.761. The van der Waals surface area contributed by atoms with Gasteiger partial charge in [-0.1, -0.05) is 53.9 Å². The van der Waals surface area contributed by atoms with Crippen LogP contribution < -0.4 is 10.6 Å². The predicted molar refractivity (Wildman–Crippen MR) is 214 cm³/mol. The van der Waals surface area contributed by atoms with E-state index in [1.165, 1.54) is 64.8 Å². The van der Waals surface area contributed by atoms with Crippen LogP contribution in [0.15, 0.2) is 18.2 Å². The number of esters is 1. The van der Waals surface area contributed by atoms with Crippen LogP contribution in [0.5, 0.6) is 0 Å². The smallest absolute Gasteiger partial charge is 0.338 e. The number of fused-ring (bicyclic) bond motifs is 5. The van der Waals surface area contributed by atoms with E-state index < -0.39 is 54.0 Å². The summed E-state index contributed by atoms with van der Waals surface area (Å²) in [6, 6.07) is 5.05. The highest BCUT2D eigenvalue weighted by Gasteiger charge is 2.61. The van der Waals surface area contributed by atoms with E-state index in [-0.39, 0.29) is 24.4 Å². The van der Waals surface area contributed by atoms with Gasteiger partial charge >= 0.3 is 11.9 Å². The third-order valence-corrected chi connectivity index (χ3v) is 16.1. The van der Waals surface area contributed by atoms with E-state index in [2.05, 4.69) is 45.3 Å². The molecule has 0 saturated heterocycles. The number of benzene rings is 1. The number of aryl methyl sites for hydroxylation is 1. The van der Waals surface area contributed by atoms with Gasteiger partial charge in [-0.05, 0) is 153 Å². The first-order valence-corrected chi connectivity index (χ1v) is 21.8. The predicted octanol–water partition coefficient (Wildman–Crippen LogP) is 8.59. The molecule has 56 heavy (non-hydrogen) atoms. The number of amides is 2. The molecule has 2 amide bonds. The second-order valence-corrected chi connectivity index (χ2v) is 19.6. The Labute approximate surface area is 334 Å². The van der Waals surface area contributed by atoms with Crippen molar-refractivity contribution in [3.63, 3.8) is 0 Å². The molecule has 5 fully saturated rings. The molecule has 13 unspecified atom stereocenters. The fourth-order valence-corrected chi connectivity index (χ4v) is 13.4. The highest BCUT2D eigenvalue weighted by atomic mass is 16.5. The molecular weight excluding hydrogens is 709 g/mol. The summed E-state index contributed by atoms with van der Waals surface area (Å²) in [5.41, 5.74) is 2.16. The standard InChI is InChI=1S/C46H68N2O8/c1-26(2)9-8-10-28(4)36-13-14-37-33-12-11-30-22-32(15-17-45(30,5)38(33)16-18-46(36,37)6)56-44(54)29-19-27(3)20-31(21-29)48-43(53)41-34(24-40(50)51)35(42(52)47-7)23-39(41)55-25-49/h19-21,25-26,28,30,32-39,41H,8-18,22-24H2,1-7H3,(H,47,52)(H,48,53)(H,50,51). The second kappa shape index (κ2) is 17.2. The lowest BCUT2D eigenvalue weighted by molar-refractivity contribution is -0.141. The van der Waals surface area contributed by atoms with Crippen molar-refractivity contribution in [3.8, 4) is 0 Å². The molecule has 0 radical (unpaired) electrons. The Kier molecular flexibility index (Phi) is 13.0. The Morgan fingerprint density at radius 2 is 1.64 bits per heavy atom. The summed E-state index contributed by atoms with van der Waals surface area (Å²) in [4.78, 5) is 63.3. The second-order valence-electron chi connectivity index (χ2n) is 19.6.